The molecule has 14 heavy (non-hydrogen) atoms. The number of nitrogens with zero attached hydrogens (tertiary/aromatic N) is 1. The van der Waals surface area contributed by atoms with E-state index in [9.17, 15) is 14.4 Å². The monoisotopic (exact) mass is 198 g/mol. The average molecular weight is 198 g/mol. The maximum absolute atomic E-state index is 11.5. The number of barbiturate groups is 1. The van der Waals surface area contributed by atoms with Crippen molar-refractivity contribution in [3.63, 3.8) is 0 Å². The van der Waals surface area contributed by atoms with E-state index in [0.29, 0.717) is 6.42 Å². The highest BCUT2D eigenvalue weighted by Gasteiger charge is 2.39. The predicted octanol–water partition coefficient (Wildman–Crippen LogP) is 0.643. The summed E-state index contributed by atoms with van der Waals surface area (Å²) >= 11 is 0. The van der Waals surface area contributed by atoms with Gasteiger partial charge in [-0.05, 0) is 20.3 Å². The van der Waals surface area contributed by atoms with Gasteiger partial charge in [-0.1, -0.05) is 6.92 Å². The fourth-order valence-electron chi connectivity index (χ4n) is 1.32. The lowest BCUT2D eigenvalue weighted by Crippen LogP contribution is -2.60. The van der Waals surface area contributed by atoms with Crippen LogP contribution in [0.1, 0.15) is 33.6 Å². The Morgan fingerprint density at radius 2 is 1.93 bits per heavy atom. The number of hydrogen-bond acceptors (Lipinski definition) is 3. The number of rotatable bonds is 2. The number of amides is 4. The zero-order valence-electron chi connectivity index (χ0n) is 8.59. The molecule has 1 N–H and O–H groups in total. The van der Waals surface area contributed by atoms with Crippen molar-refractivity contribution in [3.05, 3.63) is 0 Å². The average Bonchev–Trinajstić information content (AvgIpc) is 2.01. The number of imide groups is 2. The first-order chi connectivity index (χ1) is 6.38. The van der Waals surface area contributed by atoms with E-state index in [4.69, 9.17) is 0 Å². The summed E-state index contributed by atoms with van der Waals surface area (Å²) < 4.78 is 0. The topological polar surface area (TPSA) is 66.5 Å². The van der Waals surface area contributed by atoms with Crippen LogP contribution in [0, 0.1) is 0 Å². The minimum Gasteiger partial charge on any atom is -0.277 e. The largest absolute Gasteiger partial charge is 0.331 e. The molecular weight excluding hydrogens is 184 g/mol. The Kier molecular flexibility index (Phi) is 2.59. The molecule has 4 amide bonds. The van der Waals surface area contributed by atoms with Crippen molar-refractivity contribution in [3.8, 4) is 0 Å². The third-order valence-electron chi connectivity index (χ3n) is 2.48. The van der Waals surface area contributed by atoms with E-state index in [1.807, 2.05) is 6.92 Å². The molecule has 1 fully saturated rings. The maximum atomic E-state index is 11.5. The van der Waals surface area contributed by atoms with Gasteiger partial charge in [0.25, 0.3) is 0 Å². The zero-order chi connectivity index (χ0) is 10.9. The molecule has 0 atom stereocenters. The second-order valence-corrected chi connectivity index (χ2v) is 3.93. The number of hydrogen-bond donors (Lipinski definition) is 1. The molecule has 1 rings (SSSR count). The first kappa shape index (κ1) is 10.7. The molecule has 1 aliphatic heterocycles. The van der Waals surface area contributed by atoms with Gasteiger partial charge >= 0.3 is 6.03 Å². The summed E-state index contributed by atoms with van der Waals surface area (Å²) in [6.45, 7) is 5.47. The van der Waals surface area contributed by atoms with Crippen molar-refractivity contribution in [2.75, 3.05) is 0 Å². The highest BCUT2D eigenvalue weighted by atomic mass is 16.2. The van der Waals surface area contributed by atoms with Crippen LogP contribution in [0.4, 0.5) is 4.79 Å². The number of nitrogens with one attached hydrogen (secondary N) is 1. The third-order valence-corrected chi connectivity index (χ3v) is 2.48. The Balaban J connectivity index is 2.93. The van der Waals surface area contributed by atoms with E-state index in [-0.39, 0.29) is 6.42 Å². The molecule has 1 heterocycles. The van der Waals surface area contributed by atoms with Crippen LogP contribution in [0.2, 0.25) is 0 Å². The second kappa shape index (κ2) is 3.40. The first-order valence-electron chi connectivity index (χ1n) is 4.55. The van der Waals surface area contributed by atoms with Gasteiger partial charge in [0, 0.05) is 5.54 Å². The predicted molar refractivity (Wildman–Crippen MR) is 49.4 cm³/mol. The first-order valence-corrected chi connectivity index (χ1v) is 4.55. The lowest BCUT2D eigenvalue weighted by molar-refractivity contribution is -0.139. The summed E-state index contributed by atoms with van der Waals surface area (Å²) in [5, 5.41) is 2.13. The Hall–Kier alpha value is -1.39. The molecular formula is C9H14N2O3. The number of urea groups is 1. The molecule has 0 spiro atoms. The van der Waals surface area contributed by atoms with Gasteiger partial charge in [0.05, 0.1) is 0 Å². The van der Waals surface area contributed by atoms with Gasteiger partial charge < -0.3 is 0 Å². The highest BCUT2D eigenvalue weighted by Crippen LogP contribution is 2.21. The normalized spacial score (nSPS) is 18.5. The molecule has 0 unspecified atom stereocenters. The molecule has 5 heteroatoms. The molecule has 5 nitrogen and oxygen atoms in total. The molecule has 0 aromatic rings. The zero-order valence-corrected chi connectivity index (χ0v) is 8.59. The summed E-state index contributed by atoms with van der Waals surface area (Å²) in [5.74, 6) is -0.950. The van der Waals surface area contributed by atoms with Crippen molar-refractivity contribution in [1.29, 1.82) is 0 Å². The molecule has 0 aliphatic carbocycles. The molecule has 1 saturated heterocycles. The molecule has 78 valence electrons. The number of carbonyl (C=O) groups is 3. The van der Waals surface area contributed by atoms with Crippen LogP contribution < -0.4 is 5.32 Å². The smallest absolute Gasteiger partial charge is 0.277 e. The van der Waals surface area contributed by atoms with Crippen LogP contribution in [0.3, 0.4) is 0 Å². The molecule has 1 aliphatic rings. The summed E-state index contributed by atoms with van der Waals surface area (Å²) in [7, 11) is 0. The van der Waals surface area contributed by atoms with Crippen molar-refractivity contribution >= 4 is 17.8 Å². The van der Waals surface area contributed by atoms with Crippen LogP contribution in [0.5, 0.6) is 0 Å². The molecule has 0 radical (unpaired) electrons. The van der Waals surface area contributed by atoms with E-state index >= 15 is 0 Å². The summed E-state index contributed by atoms with van der Waals surface area (Å²) in [6, 6.07) is -0.613. The Morgan fingerprint density at radius 3 is 2.36 bits per heavy atom. The molecule has 0 aromatic carbocycles. The van der Waals surface area contributed by atoms with Gasteiger partial charge in [-0.15, -0.1) is 0 Å². The van der Waals surface area contributed by atoms with E-state index in [2.05, 4.69) is 5.32 Å². The van der Waals surface area contributed by atoms with Crippen molar-refractivity contribution in [1.82, 2.24) is 10.2 Å². The van der Waals surface area contributed by atoms with E-state index in [1.165, 1.54) is 0 Å². The van der Waals surface area contributed by atoms with Gasteiger partial charge in [-0.25, -0.2) is 4.79 Å². The van der Waals surface area contributed by atoms with Crippen LogP contribution in [-0.2, 0) is 9.59 Å². The minimum atomic E-state index is -0.613. The summed E-state index contributed by atoms with van der Waals surface area (Å²) in [5.41, 5.74) is -0.540. The van der Waals surface area contributed by atoms with Crippen LogP contribution >= 0.6 is 0 Å². The molecule has 0 bridgehead atoms. The standard InChI is InChI=1S/C9H14N2O3/c1-4-9(2,3)11-7(13)5-6(12)10-8(11)14/h4-5H2,1-3H3,(H,10,12,14). The van der Waals surface area contributed by atoms with Gasteiger partial charge in [0.1, 0.15) is 6.42 Å². The third kappa shape index (κ3) is 1.76. The molecule has 0 aromatic heterocycles. The Labute approximate surface area is 82.4 Å². The van der Waals surface area contributed by atoms with Crippen molar-refractivity contribution in [2.24, 2.45) is 0 Å². The fourth-order valence-corrected chi connectivity index (χ4v) is 1.32. The highest BCUT2D eigenvalue weighted by molar-refractivity contribution is 6.14. The second-order valence-electron chi connectivity index (χ2n) is 3.93. The lowest BCUT2D eigenvalue weighted by atomic mass is 9.98. The van der Waals surface area contributed by atoms with E-state index in [1.54, 1.807) is 13.8 Å². The fraction of sp³-hybridized carbons (Fsp3) is 0.667. The van der Waals surface area contributed by atoms with Gasteiger partial charge in [0.15, 0.2) is 0 Å². The van der Waals surface area contributed by atoms with Crippen LogP contribution in [0.25, 0.3) is 0 Å². The SMILES string of the molecule is CCC(C)(C)N1C(=O)CC(=O)NC1=O. The van der Waals surface area contributed by atoms with Gasteiger partial charge in [0.2, 0.25) is 11.8 Å². The van der Waals surface area contributed by atoms with Crippen molar-refractivity contribution < 1.29 is 14.4 Å². The number of carbonyl (C=O) groups excluding carboxylic acids is 3. The summed E-state index contributed by atoms with van der Waals surface area (Å²) in [4.78, 5) is 34.8. The lowest BCUT2D eigenvalue weighted by Gasteiger charge is -2.37. The minimum absolute atomic E-state index is 0.241. The maximum Gasteiger partial charge on any atom is 0.331 e. The van der Waals surface area contributed by atoms with Gasteiger partial charge in [-0.2, -0.15) is 0 Å². The molecule has 0 saturated carbocycles. The Bertz CT molecular complexity index is 276. The van der Waals surface area contributed by atoms with Gasteiger partial charge in [-0.3, -0.25) is 19.8 Å². The van der Waals surface area contributed by atoms with E-state index < -0.39 is 23.4 Å². The van der Waals surface area contributed by atoms with E-state index in [0.717, 1.165) is 4.90 Å². The Morgan fingerprint density at radius 1 is 1.36 bits per heavy atom. The summed E-state index contributed by atoms with van der Waals surface area (Å²) in [6.07, 6.45) is 0.412. The van der Waals surface area contributed by atoms with Crippen LogP contribution in [-0.4, -0.2) is 28.3 Å². The van der Waals surface area contributed by atoms with Crippen molar-refractivity contribution in [2.45, 2.75) is 39.2 Å². The van der Waals surface area contributed by atoms with Crippen LogP contribution in [0.15, 0.2) is 0 Å². The quantitative estimate of drug-likeness (QED) is 0.662.